The molecule has 0 amide bonds. The Hall–Kier alpha value is -16.8. The Balaban J connectivity index is 0.000000144. The lowest BCUT2D eigenvalue weighted by atomic mass is 10.00. The van der Waals surface area contributed by atoms with E-state index in [0.29, 0.717) is 67.1 Å². The minimum atomic E-state index is -0.501. The van der Waals surface area contributed by atoms with Gasteiger partial charge in [-0.3, -0.25) is 0 Å². The van der Waals surface area contributed by atoms with Gasteiger partial charge in [0.15, 0.2) is 34.9 Å². The van der Waals surface area contributed by atoms with E-state index < -0.39 is 30.2 Å². The number of nitrogens with zero attached hydrogens (tertiary/aromatic N) is 8. The highest BCUT2D eigenvalue weighted by molar-refractivity contribution is 7.26. The molecular formula is C114H68N8O3S. The Morgan fingerprint density at radius 1 is 0.222 bits per heavy atom. The number of rotatable bonds is 12. The summed E-state index contributed by atoms with van der Waals surface area (Å²) in [5.74, 6) is 0.981. The minimum Gasteiger partial charge on any atom is -0.455 e. The molecule has 0 unspecified atom stereocenters. The third kappa shape index (κ3) is 12.0. The zero-order chi connectivity index (χ0) is 90.7. The lowest BCUT2D eigenvalue weighted by Crippen LogP contribution is -2.01. The zero-order valence-corrected chi connectivity index (χ0v) is 67.6. The smallest absolute Gasteiger partial charge is 0.167 e. The molecule has 18 aromatic carbocycles. The van der Waals surface area contributed by atoms with Gasteiger partial charge in [0.2, 0.25) is 0 Å². The maximum Gasteiger partial charge on any atom is 0.167 e. The van der Waals surface area contributed by atoms with Crippen LogP contribution >= 0.6 is 11.3 Å². The summed E-state index contributed by atoms with van der Waals surface area (Å²) in [6, 6.07) is 117. The van der Waals surface area contributed by atoms with Crippen molar-refractivity contribution < 1.29 is 25.6 Å². The molecule has 0 bridgehead atoms. The molecule has 0 fully saturated rings. The van der Waals surface area contributed by atoms with E-state index in [1.54, 1.807) is 17.4 Å². The molecule has 26 rings (SSSR count). The summed E-state index contributed by atoms with van der Waals surface area (Å²) in [5, 5.41) is 12.0. The largest absolute Gasteiger partial charge is 0.455 e. The van der Waals surface area contributed by atoms with Crippen molar-refractivity contribution in [2.75, 3.05) is 0 Å². The third-order valence-electron chi connectivity index (χ3n) is 23.9. The number of thiophene rings is 1. The molecule has 11 nitrogen and oxygen atoms in total. The van der Waals surface area contributed by atoms with Gasteiger partial charge in [-0.05, 0) is 101 Å². The van der Waals surface area contributed by atoms with Gasteiger partial charge in [-0.15, -0.1) is 11.3 Å². The third-order valence-corrected chi connectivity index (χ3v) is 25.1. The van der Waals surface area contributed by atoms with Crippen molar-refractivity contribution in [1.29, 1.82) is 0 Å². The number of hydrogen-bond acceptors (Lipinski definition) is 10. The highest BCUT2D eigenvalue weighted by Gasteiger charge is 2.28. The van der Waals surface area contributed by atoms with Crippen LogP contribution in [-0.2, 0) is 0 Å². The van der Waals surface area contributed by atoms with Crippen LogP contribution in [0.15, 0.2) is 426 Å². The van der Waals surface area contributed by atoms with E-state index in [1.165, 1.54) is 15.5 Å². The number of benzene rings is 18. The van der Waals surface area contributed by atoms with Crippen molar-refractivity contribution in [1.82, 2.24) is 39.0 Å². The molecule has 8 aromatic heterocycles. The van der Waals surface area contributed by atoms with Crippen LogP contribution in [0.3, 0.4) is 0 Å². The maximum absolute atomic E-state index is 9.86. The maximum atomic E-state index is 9.86. The van der Waals surface area contributed by atoms with E-state index in [-0.39, 0.29) is 70.0 Å². The van der Waals surface area contributed by atoms with Gasteiger partial charge in [-0.2, -0.15) is 0 Å². The number of para-hydroxylation sites is 8. The molecule has 0 spiro atoms. The highest BCUT2D eigenvalue weighted by atomic mass is 32.1. The predicted molar refractivity (Wildman–Crippen MR) is 517 cm³/mol. The second kappa shape index (κ2) is 29.5. The van der Waals surface area contributed by atoms with Gasteiger partial charge in [0.25, 0.3) is 0 Å². The lowest BCUT2D eigenvalue weighted by molar-refractivity contribution is 0.669. The molecule has 0 saturated carbocycles. The quantitative estimate of drug-likeness (QED) is 0.117. The van der Waals surface area contributed by atoms with Crippen LogP contribution in [0.25, 0.3) is 254 Å². The van der Waals surface area contributed by atoms with Gasteiger partial charge >= 0.3 is 0 Å². The first-order chi connectivity index (χ1) is 66.2. The Bertz CT molecular complexity index is 9350. The molecule has 26 aromatic rings. The van der Waals surface area contributed by atoms with Gasteiger partial charge in [0, 0.05) is 124 Å². The monoisotopic (exact) mass is 1640 g/mol. The molecule has 0 aliphatic rings. The summed E-state index contributed by atoms with van der Waals surface area (Å²) in [4.78, 5) is 30.6. The van der Waals surface area contributed by atoms with Crippen molar-refractivity contribution in [3.05, 3.63) is 412 Å². The summed E-state index contributed by atoms with van der Waals surface area (Å²) < 4.78 is 109. The summed E-state index contributed by atoms with van der Waals surface area (Å²) >= 11 is 1.75. The van der Waals surface area contributed by atoms with Crippen molar-refractivity contribution in [2.24, 2.45) is 0 Å². The van der Waals surface area contributed by atoms with Gasteiger partial charge in [-0.25, -0.2) is 29.9 Å². The minimum absolute atomic E-state index is 0.00397. The van der Waals surface area contributed by atoms with E-state index in [4.69, 9.17) is 50.0 Å². The van der Waals surface area contributed by atoms with Gasteiger partial charge in [0.1, 0.15) is 33.5 Å². The molecule has 0 aliphatic heterocycles. The summed E-state index contributed by atoms with van der Waals surface area (Å²) in [6.07, 6.45) is 0. The number of aromatic nitrogens is 8. The zero-order valence-electron chi connectivity index (χ0n) is 75.8. The Labute approximate surface area is 737 Å². The Morgan fingerprint density at radius 2 is 0.587 bits per heavy atom. The molecule has 8 heterocycles. The molecule has 588 valence electrons. The van der Waals surface area contributed by atoms with Gasteiger partial charge in [0.05, 0.1) is 45.5 Å². The summed E-state index contributed by atoms with van der Waals surface area (Å²) in [5.41, 5.74) is 18.2. The first kappa shape index (κ1) is 63.2. The molecule has 0 aliphatic carbocycles. The fraction of sp³-hybridized carbons (Fsp3) is 0. The van der Waals surface area contributed by atoms with Crippen LogP contribution in [-0.4, -0.2) is 39.0 Å². The second-order valence-electron chi connectivity index (χ2n) is 31.2. The number of furan rings is 3. The SMILES string of the molecule is [2H]c1c([2H])c(-c2nc(-c3ccccc3)nc(-c3cc(-n4c5ccccc5c5ccccc54)cc4c3oc3c(-c5ccccc5)cccc34)n2)c([2H])c(-c2cccc3c2oc2ccccc23)c1[2H].[2H]c1c([2H])c([2H])c(-c2nc(-c3cccc(-c4cccc5c4sc4ccccc45)c3)nc(-c3cc(-n4c5ccccc5c5ccccc54)cc4c3oc3c(-c5ccccc5)cccc34)n2)c([2H])c1[2H]. The van der Waals surface area contributed by atoms with Gasteiger partial charge in [-0.1, -0.05) is 340 Å². The first-order valence-corrected chi connectivity index (χ1v) is 42.3. The molecule has 0 radical (unpaired) electrons. The molecule has 0 N–H and O–H groups in total. The Kier molecular flexibility index (Phi) is 14.8. The molecule has 126 heavy (non-hydrogen) atoms. The fourth-order valence-corrected chi connectivity index (χ4v) is 19.4. The second-order valence-corrected chi connectivity index (χ2v) is 32.2. The standard InChI is InChI=1S/C57H34N4O2.C57H34N4OS/c1-3-16-35(17-4-1)40-25-14-28-46-47-33-39(61-49-29-10-7-22-42(49)43-23-8-11-30-50(43)61)34-48(54(47)63-53(40)46)57-59-55(36-18-5-2-6-19-36)58-56(60-57)38-21-13-20-37(32-38)41-26-15-27-45-44-24-9-12-31-51(44)62-52(41)45;1-3-16-35(17-4-1)40-25-14-27-45-47-33-39(61-49-29-10-7-22-42(49)43-23-8-11-30-50(43)61)34-48(53(47)62-52(40)45)57-59-55(36-18-5-2-6-19-36)58-56(60-57)38-21-13-20-37(32-38)41-26-15-28-46-44-24-9-12-31-51(44)63-54(41)46/h2*1-34H/i13D,20D,21D,32D;2D,5D,6D,18D,19D. The first-order valence-electron chi connectivity index (χ1n) is 46.0. The van der Waals surface area contributed by atoms with E-state index in [9.17, 15) is 5.48 Å². The van der Waals surface area contributed by atoms with Crippen LogP contribution in [0, 0.1) is 0 Å². The predicted octanol–water partition coefficient (Wildman–Crippen LogP) is 30.7. The topological polar surface area (TPSA) is 127 Å². The van der Waals surface area contributed by atoms with E-state index in [0.717, 1.165) is 125 Å². The van der Waals surface area contributed by atoms with E-state index in [1.807, 2.05) is 182 Å². The van der Waals surface area contributed by atoms with E-state index in [2.05, 4.69) is 179 Å². The fourth-order valence-electron chi connectivity index (χ4n) is 18.2. The van der Waals surface area contributed by atoms with Gasteiger partial charge < -0.3 is 22.4 Å². The van der Waals surface area contributed by atoms with Crippen molar-refractivity contribution in [3.8, 4) is 124 Å². The van der Waals surface area contributed by atoms with Crippen molar-refractivity contribution in [3.63, 3.8) is 0 Å². The average Bonchev–Trinajstić information content (AvgIpc) is 1.70. The molecule has 0 saturated heterocycles. The molecule has 0 atom stereocenters. The molecular weight excluding hydrogens is 1560 g/mol. The van der Waals surface area contributed by atoms with Crippen LogP contribution in [0.5, 0.6) is 0 Å². The Morgan fingerprint density at radius 3 is 1.13 bits per heavy atom. The van der Waals surface area contributed by atoms with Crippen LogP contribution in [0.2, 0.25) is 0 Å². The average molecular weight is 1640 g/mol. The van der Waals surface area contributed by atoms with Crippen LogP contribution < -0.4 is 0 Å². The summed E-state index contributed by atoms with van der Waals surface area (Å²) in [7, 11) is 0. The van der Waals surface area contributed by atoms with Crippen LogP contribution in [0.4, 0.5) is 0 Å². The molecule has 12 heteroatoms. The van der Waals surface area contributed by atoms with Crippen molar-refractivity contribution >= 4 is 141 Å². The number of hydrogen-bond donors (Lipinski definition) is 0. The number of fused-ring (bicyclic) bond motifs is 18. The highest BCUT2D eigenvalue weighted by Crippen LogP contribution is 2.48. The van der Waals surface area contributed by atoms with Crippen molar-refractivity contribution in [2.45, 2.75) is 0 Å². The normalized spacial score (nSPS) is 12.8. The summed E-state index contributed by atoms with van der Waals surface area (Å²) in [6.45, 7) is 0. The van der Waals surface area contributed by atoms with E-state index >= 15 is 0 Å². The lowest BCUT2D eigenvalue weighted by Gasteiger charge is -2.13. The van der Waals surface area contributed by atoms with Crippen LogP contribution in [0.1, 0.15) is 12.3 Å².